The number of carbonyl (C=O) groups is 2. The van der Waals surface area contributed by atoms with Crippen LogP contribution in [0.5, 0.6) is 0 Å². The molecule has 1 aromatic rings. The van der Waals surface area contributed by atoms with Crippen LogP contribution in [0, 0.1) is 13.8 Å². The van der Waals surface area contributed by atoms with E-state index in [0.29, 0.717) is 37.1 Å². The minimum atomic E-state index is -1.41. The smallest absolute Gasteiger partial charge is 0.449 e. The van der Waals surface area contributed by atoms with E-state index in [2.05, 4.69) is 5.32 Å². The second-order valence-electron chi connectivity index (χ2n) is 6.54. The molecule has 25 heavy (non-hydrogen) atoms. The third-order valence-corrected chi connectivity index (χ3v) is 4.93. The first-order chi connectivity index (χ1) is 11.9. The Morgan fingerprint density at radius 1 is 1.28 bits per heavy atom. The number of amides is 1. The van der Waals surface area contributed by atoms with Crippen LogP contribution in [-0.4, -0.2) is 48.0 Å². The Hall–Kier alpha value is -2.38. The van der Waals surface area contributed by atoms with E-state index < -0.39 is 11.7 Å². The molecule has 1 aromatic carbocycles. The second kappa shape index (κ2) is 6.50. The van der Waals surface area contributed by atoms with E-state index in [4.69, 9.17) is 9.57 Å². The van der Waals surface area contributed by atoms with Gasteiger partial charge in [-0.3, -0.25) is 4.79 Å². The van der Waals surface area contributed by atoms with Gasteiger partial charge < -0.3 is 20.0 Å². The molecule has 0 aliphatic carbocycles. The van der Waals surface area contributed by atoms with Crippen molar-refractivity contribution in [2.24, 2.45) is 0 Å². The molecule has 1 spiro atoms. The Morgan fingerprint density at radius 2 is 1.96 bits per heavy atom. The Balaban J connectivity index is 2.11. The highest BCUT2D eigenvalue weighted by molar-refractivity contribution is 6.23. The fraction of sp³-hybridized carbons (Fsp3) is 0.444. The molecule has 7 heteroatoms. The van der Waals surface area contributed by atoms with Gasteiger partial charge in [0.2, 0.25) is 0 Å². The summed E-state index contributed by atoms with van der Waals surface area (Å²) < 4.78 is 5.16. The van der Waals surface area contributed by atoms with E-state index in [-0.39, 0.29) is 11.7 Å². The molecule has 7 nitrogen and oxygen atoms in total. The van der Waals surface area contributed by atoms with Gasteiger partial charge >= 0.3 is 6.16 Å². The molecule has 0 atom stereocenters. The number of nitrogens with zero attached hydrogens (tertiary/aromatic N) is 1. The van der Waals surface area contributed by atoms with Gasteiger partial charge in [-0.2, -0.15) is 5.06 Å². The molecule has 1 fully saturated rings. The molecule has 2 N–H and O–H groups in total. The molecule has 2 aliphatic rings. The fourth-order valence-corrected chi connectivity index (χ4v) is 3.57. The maximum Gasteiger partial charge on any atom is 0.511 e. The summed E-state index contributed by atoms with van der Waals surface area (Å²) in [6.45, 7) is 4.97. The first-order valence-corrected chi connectivity index (χ1v) is 8.21. The van der Waals surface area contributed by atoms with Crippen LogP contribution in [0.15, 0.2) is 24.0 Å². The van der Waals surface area contributed by atoms with Crippen LogP contribution in [0.2, 0.25) is 0 Å². The van der Waals surface area contributed by atoms with E-state index in [1.807, 2.05) is 32.0 Å². The number of carbonyl (C=O) groups excluding carboxylic acids is 1. The number of nitrogens with one attached hydrogen (secondary N) is 1. The minimum Gasteiger partial charge on any atom is -0.449 e. The van der Waals surface area contributed by atoms with Gasteiger partial charge in [0.15, 0.2) is 5.76 Å². The lowest BCUT2D eigenvalue weighted by atomic mass is 9.85. The molecule has 134 valence electrons. The zero-order valence-electron chi connectivity index (χ0n) is 14.6. The molecule has 1 amide bonds. The third-order valence-electron chi connectivity index (χ3n) is 4.93. The quantitative estimate of drug-likeness (QED) is 0.816. The molecule has 0 saturated carbocycles. The summed E-state index contributed by atoms with van der Waals surface area (Å²) in [4.78, 5) is 29.3. The van der Waals surface area contributed by atoms with Crippen molar-refractivity contribution >= 4 is 17.6 Å². The van der Waals surface area contributed by atoms with Crippen molar-refractivity contribution in [3.8, 4) is 0 Å². The number of piperidine rings is 1. The molecular weight excluding hydrogens is 324 g/mol. The fourth-order valence-electron chi connectivity index (χ4n) is 3.57. The van der Waals surface area contributed by atoms with E-state index in [9.17, 15) is 14.7 Å². The van der Waals surface area contributed by atoms with Crippen molar-refractivity contribution in [1.82, 2.24) is 10.4 Å². The summed E-state index contributed by atoms with van der Waals surface area (Å²) in [7, 11) is 1.59. The summed E-state index contributed by atoms with van der Waals surface area (Å²) in [6.07, 6.45) is -0.379. The van der Waals surface area contributed by atoms with Crippen LogP contribution in [0.4, 0.5) is 4.79 Å². The number of hydroxylamine groups is 2. The van der Waals surface area contributed by atoms with Gasteiger partial charge in [-0.25, -0.2) is 4.79 Å². The first kappa shape index (κ1) is 17.4. The number of benzene rings is 1. The van der Waals surface area contributed by atoms with Crippen molar-refractivity contribution in [3.63, 3.8) is 0 Å². The largest absolute Gasteiger partial charge is 0.511 e. The monoisotopic (exact) mass is 346 g/mol. The van der Waals surface area contributed by atoms with Crippen LogP contribution >= 0.6 is 0 Å². The van der Waals surface area contributed by atoms with Gasteiger partial charge in [-0.1, -0.05) is 23.8 Å². The number of aryl methyl sites for hydroxylation is 2. The molecule has 1 saturated heterocycles. The third kappa shape index (κ3) is 3.12. The van der Waals surface area contributed by atoms with Crippen LogP contribution in [0.25, 0.3) is 5.57 Å². The highest BCUT2D eigenvalue weighted by Gasteiger charge is 2.50. The molecule has 0 bridgehead atoms. The molecular formula is C18H22N2O5. The summed E-state index contributed by atoms with van der Waals surface area (Å²) in [6, 6.07) is 5.76. The lowest BCUT2D eigenvalue weighted by Crippen LogP contribution is -2.53. The Kier molecular flexibility index (Phi) is 4.53. The van der Waals surface area contributed by atoms with Gasteiger partial charge in [0, 0.05) is 13.1 Å². The Bertz CT molecular complexity index is 748. The number of rotatable bonds is 3. The molecule has 2 heterocycles. The zero-order valence-corrected chi connectivity index (χ0v) is 14.6. The van der Waals surface area contributed by atoms with Gasteiger partial charge in [0.25, 0.3) is 5.91 Å². The maximum absolute atomic E-state index is 12.8. The highest BCUT2D eigenvalue weighted by Crippen LogP contribution is 2.41. The van der Waals surface area contributed by atoms with E-state index >= 15 is 0 Å². The van der Waals surface area contributed by atoms with Gasteiger partial charge in [0.1, 0.15) is 5.54 Å². The van der Waals surface area contributed by atoms with Crippen LogP contribution in [0.3, 0.4) is 0 Å². The van der Waals surface area contributed by atoms with Crippen LogP contribution in [-0.2, 0) is 14.4 Å². The van der Waals surface area contributed by atoms with Crippen LogP contribution < -0.4 is 5.32 Å². The molecule has 0 radical (unpaired) electrons. The maximum atomic E-state index is 12.8. The number of hydrogen-bond donors (Lipinski definition) is 2. The standard InChI is InChI=1S/C18H22N2O5/c1-11-4-5-12(2)13(10-11)14-15(25-17(22)23)18(19-16(14)21)6-8-20(24-3)9-7-18/h4-5,10H,6-9H2,1-3H3,(H,19,21)(H,22,23). The second-order valence-corrected chi connectivity index (χ2v) is 6.54. The number of ether oxygens (including phenoxy) is 1. The zero-order chi connectivity index (χ0) is 18.2. The van der Waals surface area contributed by atoms with Crippen molar-refractivity contribution < 1.29 is 24.3 Å². The Morgan fingerprint density at radius 3 is 2.56 bits per heavy atom. The first-order valence-electron chi connectivity index (χ1n) is 8.21. The van der Waals surface area contributed by atoms with Crippen molar-refractivity contribution in [3.05, 3.63) is 40.6 Å². The van der Waals surface area contributed by atoms with Crippen molar-refractivity contribution in [1.29, 1.82) is 0 Å². The number of carboxylic acid groups (broad SMARTS) is 1. The highest BCUT2D eigenvalue weighted by atomic mass is 16.7. The topological polar surface area (TPSA) is 88.1 Å². The summed E-state index contributed by atoms with van der Waals surface area (Å²) in [5, 5.41) is 14.0. The number of hydrogen-bond acceptors (Lipinski definition) is 5. The van der Waals surface area contributed by atoms with E-state index in [1.54, 1.807) is 12.2 Å². The predicted octanol–water partition coefficient (Wildman–Crippen LogP) is 2.23. The average Bonchev–Trinajstić information content (AvgIpc) is 2.82. The molecule has 3 rings (SSSR count). The van der Waals surface area contributed by atoms with Gasteiger partial charge in [0.05, 0.1) is 12.7 Å². The van der Waals surface area contributed by atoms with Crippen LogP contribution in [0.1, 0.15) is 29.5 Å². The van der Waals surface area contributed by atoms with Gasteiger partial charge in [-0.15, -0.1) is 0 Å². The SMILES string of the molecule is CON1CCC2(CC1)NC(=O)C(c1cc(C)ccc1C)=C2OC(=O)O. The lowest BCUT2D eigenvalue weighted by Gasteiger charge is -2.38. The van der Waals surface area contributed by atoms with Gasteiger partial charge in [-0.05, 0) is 37.8 Å². The van der Waals surface area contributed by atoms with E-state index in [1.165, 1.54) is 0 Å². The lowest BCUT2D eigenvalue weighted by molar-refractivity contribution is -0.152. The Labute approximate surface area is 146 Å². The summed E-state index contributed by atoms with van der Waals surface area (Å²) >= 11 is 0. The van der Waals surface area contributed by atoms with Crippen molar-refractivity contribution in [2.75, 3.05) is 20.2 Å². The predicted molar refractivity (Wildman–Crippen MR) is 90.6 cm³/mol. The summed E-state index contributed by atoms with van der Waals surface area (Å²) in [5.74, 6) is -0.0923. The molecule has 0 aromatic heterocycles. The average molecular weight is 346 g/mol. The van der Waals surface area contributed by atoms with E-state index in [0.717, 1.165) is 11.1 Å². The minimum absolute atomic E-state index is 0.203. The molecule has 2 aliphatic heterocycles. The van der Waals surface area contributed by atoms with Crippen molar-refractivity contribution in [2.45, 2.75) is 32.2 Å². The summed E-state index contributed by atoms with van der Waals surface area (Å²) in [5.41, 5.74) is 2.10. The molecule has 0 unspecified atom stereocenters. The normalized spacial score (nSPS) is 20.0.